The number of rotatable bonds is 5. The summed E-state index contributed by atoms with van der Waals surface area (Å²) >= 11 is 1.65. The van der Waals surface area contributed by atoms with Crippen molar-refractivity contribution in [2.75, 3.05) is 11.9 Å². The fraction of sp³-hybridized carbons (Fsp3) is 0.400. The average Bonchev–Trinajstić information content (AvgIpc) is 2.88. The lowest BCUT2D eigenvalue weighted by molar-refractivity contribution is 0.0690. The van der Waals surface area contributed by atoms with E-state index in [2.05, 4.69) is 41.4 Å². The van der Waals surface area contributed by atoms with Crippen molar-refractivity contribution in [3.63, 3.8) is 0 Å². The van der Waals surface area contributed by atoms with E-state index in [1.165, 1.54) is 6.07 Å². The molecule has 2 N–H and O–H groups in total. The van der Waals surface area contributed by atoms with Gasteiger partial charge in [-0.15, -0.1) is 11.3 Å². The summed E-state index contributed by atoms with van der Waals surface area (Å²) in [5, 5.41) is 15.2. The zero-order valence-electron chi connectivity index (χ0n) is 12.4. The van der Waals surface area contributed by atoms with Crippen LogP contribution in [0.2, 0.25) is 0 Å². The predicted octanol–water partition coefficient (Wildman–Crippen LogP) is 3.19. The third-order valence-electron chi connectivity index (χ3n) is 2.93. The second kappa shape index (κ2) is 6.22. The highest BCUT2D eigenvalue weighted by Crippen LogP contribution is 2.24. The van der Waals surface area contributed by atoms with Crippen LogP contribution in [0.3, 0.4) is 0 Å². The zero-order valence-corrected chi connectivity index (χ0v) is 13.2. The largest absolute Gasteiger partial charge is 0.477 e. The summed E-state index contributed by atoms with van der Waals surface area (Å²) in [6.45, 7) is 7.11. The Labute approximate surface area is 128 Å². The average molecular weight is 305 g/mol. The molecule has 2 heterocycles. The van der Waals surface area contributed by atoms with E-state index < -0.39 is 5.97 Å². The molecule has 0 aromatic carbocycles. The minimum absolute atomic E-state index is 0.0456. The van der Waals surface area contributed by atoms with Gasteiger partial charge in [0.05, 0.1) is 10.7 Å². The summed E-state index contributed by atoms with van der Waals surface area (Å²) in [7, 11) is 0. The Morgan fingerprint density at radius 1 is 1.33 bits per heavy atom. The highest BCUT2D eigenvalue weighted by molar-refractivity contribution is 7.09. The summed E-state index contributed by atoms with van der Waals surface area (Å²) in [5.41, 5.74) is 1.22. The Morgan fingerprint density at radius 2 is 2.10 bits per heavy atom. The molecule has 0 spiro atoms. The molecular weight excluding hydrogens is 286 g/mol. The minimum atomic E-state index is -1.02. The van der Waals surface area contributed by atoms with Crippen LogP contribution < -0.4 is 5.32 Å². The van der Waals surface area contributed by atoms with Gasteiger partial charge < -0.3 is 10.4 Å². The molecule has 0 unspecified atom stereocenters. The van der Waals surface area contributed by atoms with E-state index in [9.17, 15) is 4.79 Å². The normalized spacial score (nSPS) is 11.4. The zero-order chi connectivity index (χ0) is 15.5. The Kier molecular flexibility index (Phi) is 4.57. The molecule has 6 heteroatoms. The van der Waals surface area contributed by atoms with Crippen molar-refractivity contribution >= 4 is 23.1 Å². The van der Waals surface area contributed by atoms with Gasteiger partial charge in [-0.3, -0.25) is 0 Å². The number of carbonyl (C=O) groups is 1. The van der Waals surface area contributed by atoms with Gasteiger partial charge in [0.25, 0.3) is 0 Å². The van der Waals surface area contributed by atoms with Crippen molar-refractivity contribution in [1.29, 1.82) is 0 Å². The van der Waals surface area contributed by atoms with Gasteiger partial charge in [0, 0.05) is 23.8 Å². The molecule has 0 saturated heterocycles. The first-order chi connectivity index (χ1) is 9.86. The van der Waals surface area contributed by atoms with Crippen LogP contribution in [0, 0.1) is 0 Å². The Morgan fingerprint density at radius 3 is 2.71 bits per heavy atom. The number of aromatic nitrogens is 2. The summed E-state index contributed by atoms with van der Waals surface area (Å²) in [6.07, 6.45) is 0.791. The van der Waals surface area contributed by atoms with Crippen LogP contribution in [-0.4, -0.2) is 27.6 Å². The van der Waals surface area contributed by atoms with Gasteiger partial charge >= 0.3 is 5.97 Å². The number of pyridine rings is 1. The van der Waals surface area contributed by atoms with Gasteiger partial charge in [-0.25, -0.2) is 14.8 Å². The van der Waals surface area contributed by atoms with Crippen molar-refractivity contribution in [3.05, 3.63) is 40.0 Å². The molecule has 5 nitrogen and oxygen atoms in total. The lowest BCUT2D eigenvalue weighted by Gasteiger charge is -2.14. The van der Waals surface area contributed by atoms with Gasteiger partial charge in [0.2, 0.25) is 0 Å². The standard InChI is InChI=1S/C15H19N3O2S/c1-15(2,3)11-9-21-13(18-11)7-8-16-12-6-4-5-10(17-12)14(19)20/h4-6,9H,7-8H2,1-3H3,(H,16,17)(H,19,20). The minimum Gasteiger partial charge on any atom is -0.477 e. The summed E-state index contributed by atoms with van der Waals surface area (Å²) < 4.78 is 0. The number of aromatic carboxylic acids is 1. The molecule has 21 heavy (non-hydrogen) atoms. The fourth-order valence-corrected chi connectivity index (χ4v) is 2.74. The maximum Gasteiger partial charge on any atom is 0.354 e. The van der Waals surface area contributed by atoms with Gasteiger partial charge in [-0.1, -0.05) is 26.8 Å². The van der Waals surface area contributed by atoms with Crippen LogP contribution in [0.5, 0.6) is 0 Å². The van der Waals surface area contributed by atoms with Crippen molar-refractivity contribution < 1.29 is 9.90 Å². The second-order valence-corrected chi connectivity index (χ2v) is 6.71. The monoisotopic (exact) mass is 305 g/mol. The number of anilines is 1. The molecule has 2 aromatic rings. The second-order valence-electron chi connectivity index (χ2n) is 5.77. The summed E-state index contributed by atoms with van der Waals surface area (Å²) in [5.74, 6) is -0.448. The summed E-state index contributed by atoms with van der Waals surface area (Å²) in [6, 6.07) is 4.92. The van der Waals surface area contributed by atoms with Crippen molar-refractivity contribution in [2.45, 2.75) is 32.6 Å². The molecule has 0 aliphatic carbocycles. The molecule has 112 valence electrons. The number of nitrogens with zero attached hydrogens (tertiary/aromatic N) is 2. The van der Waals surface area contributed by atoms with E-state index in [0.29, 0.717) is 12.4 Å². The van der Waals surface area contributed by atoms with Crippen LogP contribution in [0.4, 0.5) is 5.82 Å². The number of carboxylic acids is 1. The summed E-state index contributed by atoms with van der Waals surface area (Å²) in [4.78, 5) is 19.5. The molecular formula is C15H19N3O2S. The first-order valence-corrected chi connectivity index (χ1v) is 7.63. The molecule has 0 bridgehead atoms. The van der Waals surface area contributed by atoms with Crippen molar-refractivity contribution in [2.24, 2.45) is 0 Å². The quantitative estimate of drug-likeness (QED) is 0.887. The van der Waals surface area contributed by atoms with Crippen LogP contribution in [0.15, 0.2) is 23.6 Å². The van der Waals surface area contributed by atoms with Gasteiger partial charge in [-0.05, 0) is 12.1 Å². The molecule has 0 fully saturated rings. The van der Waals surface area contributed by atoms with Gasteiger partial charge in [0.15, 0.2) is 5.69 Å². The highest BCUT2D eigenvalue weighted by Gasteiger charge is 2.17. The van der Waals surface area contributed by atoms with E-state index in [1.54, 1.807) is 23.5 Å². The maximum atomic E-state index is 10.8. The number of thiazole rings is 1. The van der Waals surface area contributed by atoms with E-state index in [4.69, 9.17) is 5.11 Å². The molecule has 0 atom stereocenters. The Hall–Kier alpha value is -1.95. The topological polar surface area (TPSA) is 75.1 Å². The van der Waals surface area contributed by atoms with Crippen LogP contribution in [0.25, 0.3) is 0 Å². The van der Waals surface area contributed by atoms with Gasteiger partial charge in [-0.2, -0.15) is 0 Å². The fourth-order valence-electron chi connectivity index (χ4n) is 1.72. The maximum absolute atomic E-state index is 10.8. The molecule has 0 saturated carbocycles. The first kappa shape index (κ1) is 15.4. The lowest BCUT2D eigenvalue weighted by atomic mass is 9.93. The molecule has 2 rings (SSSR count). The number of carboxylic acid groups (broad SMARTS) is 1. The Balaban J connectivity index is 1.91. The van der Waals surface area contributed by atoms with Crippen molar-refractivity contribution in [3.8, 4) is 0 Å². The Bertz CT molecular complexity index is 632. The lowest BCUT2D eigenvalue weighted by Crippen LogP contribution is -2.12. The van der Waals surface area contributed by atoms with E-state index in [-0.39, 0.29) is 11.1 Å². The molecule has 0 aliphatic heterocycles. The number of hydrogen-bond acceptors (Lipinski definition) is 5. The van der Waals surface area contributed by atoms with E-state index in [1.807, 2.05) is 0 Å². The van der Waals surface area contributed by atoms with Crippen LogP contribution in [-0.2, 0) is 11.8 Å². The molecule has 0 amide bonds. The van der Waals surface area contributed by atoms with E-state index >= 15 is 0 Å². The highest BCUT2D eigenvalue weighted by atomic mass is 32.1. The third-order valence-corrected chi connectivity index (χ3v) is 3.84. The van der Waals surface area contributed by atoms with Gasteiger partial charge in [0.1, 0.15) is 5.82 Å². The SMILES string of the molecule is CC(C)(C)c1csc(CCNc2cccc(C(=O)O)n2)n1. The number of nitrogens with one attached hydrogen (secondary N) is 1. The smallest absolute Gasteiger partial charge is 0.354 e. The number of hydrogen-bond donors (Lipinski definition) is 2. The van der Waals surface area contributed by atoms with E-state index in [0.717, 1.165) is 17.1 Å². The molecule has 0 radical (unpaired) electrons. The van der Waals surface area contributed by atoms with Crippen LogP contribution >= 0.6 is 11.3 Å². The molecule has 2 aromatic heterocycles. The van der Waals surface area contributed by atoms with Crippen molar-refractivity contribution in [1.82, 2.24) is 9.97 Å². The molecule has 0 aliphatic rings. The first-order valence-electron chi connectivity index (χ1n) is 6.75. The predicted molar refractivity (Wildman–Crippen MR) is 84.2 cm³/mol. The third kappa shape index (κ3) is 4.26. The van der Waals surface area contributed by atoms with Crippen LogP contribution in [0.1, 0.15) is 42.0 Å².